The lowest BCUT2D eigenvalue weighted by Crippen LogP contribution is -2.48. The van der Waals surface area contributed by atoms with Gasteiger partial charge in [0.1, 0.15) is 5.75 Å². The molecule has 5 nitrogen and oxygen atoms in total. The predicted molar refractivity (Wildman–Crippen MR) is 89.5 cm³/mol. The molecule has 1 aliphatic heterocycles. The van der Waals surface area contributed by atoms with Gasteiger partial charge in [0.2, 0.25) is 5.91 Å². The van der Waals surface area contributed by atoms with Crippen molar-refractivity contribution in [2.45, 2.75) is 12.8 Å². The zero-order valence-electron chi connectivity index (χ0n) is 13.1. The lowest BCUT2D eigenvalue weighted by Gasteiger charge is -2.36. The van der Waals surface area contributed by atoms with E-state index < -0.39 is 0 Å². The second-order valence-electron chi connectivity index (χ2n) is 5.72. The molecule has 0 aliphatic carbocycles. The molecule has 23 heavy (non-hydrogen) atoms. The maximum Gasteiger partial charge on any atom is 0.223 e. The van der Waals surface area contributed by atoms with Crippen LogP contribution in [0.4, 0.5) is 5.69 Å². The average molecular weight is 311 g/mol. The van der Waals surface area contributed by atoms with Gasteiger partial charge in [-0.25, -0.2) is 0 Å². The van der Waals surface area contributed by atoms with Gasteiger partial charge < -0.3 is 14.9 Å². The molecule has 5 heteroatoms. The number of phenolic OH excluding ortho intramolecular Hbond substituents is 1. The minimum absolute atomic E-state index is 0.186. The minimum atomic E-state index is 0.186. The fourth-order valence-corrected chi connectivity index (χ4v) is 2.88. The summed E-state index contributed by atoms with van der Waals surface area (Å²) < 4.78 is 0. The molecular weight excluding hydrogens is 290 g/mol. The summed E-state index contributed by atoms with van der Waals surface area (Å²) in [5.41, 5.74) is 1.93. The number of carbonyl (C=O) groups is 1. The number of aromatic nitrogens is 1. The van der Waals surface area contributed by atoms with Gasteiger partial charge in [-0.15, -0.1) is 0 Å². The normalized spacial score (nSPS) is 14.8. The molecule has 0 saturated carbocycles. The smallest absolute Gasteiger partial charge is 0.223 e. The first-order valence-corrected chi connectivity index (χ1v) is 7.93. The first-order chi connectivity index (χ1) is 11.2. The van der Waals surface area contributed by atoms with Crippen LogP contribution in [0, 0.1) is 0 Å². The second kappa shape index (κ2) is 7.13. The lowest BCUT2D eigenvalue weighted by molar-refractivity contribution is -0.131. The van der Waals surface area contributed by atoms with Crippen LogP contribution in [0.15, 0.2) is 48.8 Å². The van der Waals surface area contributed by atoms with E-state index in [1.54, 1.807) is 12.3 Å². The standard InChI is InChI=1S/C18H21N3O2/c22-17-6-2-1-5-16(17)20-10-12-21(13-11-20)18(23)8-7-15-4-3-9-19-14-15/h1-6,9,14,22H,7-8,10-13H2. The van der Waals surface area contributed by atoms with Crippen LogP contribution in [0.3, 0.4) is 0 Å². The fourth-order valence-electron chi connectivity index (χ4n) is 2.88. The number of amides is 1. The number of para-hydroxylation sites is 2. The van der Waals surface area contributed by atoms with E-state index in [0.717, 1.165) is 30.8 Å². The van der Waals surface area contributed by atoms with E-state index in [9.17, 15) is 9.90 Å². The van der Waals surface area contributed by atoms with E-state index in [-0.39, 0.29) is 5.91 Å². The molecule has 0 atom stereocenters. The van der Waals surface area contributed by atoms with Gasteiger partial charge in [-0.3, -0.25) is 9.78 Å². The van der Waals surface area contributed by atoms with Gasteiger partial charge in [-0.05, 0) is 30.2 Å². The number of rotatable bonds is 4. The third kappa shape index (κ3) is 3.80. The van der Waals surface area contributed by atoms with Gasteiger partial charge in [0.25, 0.3) is 0 Å². The van der Waals surface area contributed by atoms with Crippen LogP contribution in [-0.2, 0) is 11.2 Å². The van der Waals surface area contributed by atoms with Crippen molar-refractivity contribution in [2.24, 2.45) is 0 Å². The third-order valence-corrected chi connectivity index (χ3v) is 4.21. The van der Waals surface area contributed by atoms with Crippen LogP contribution in [0.25, 0.3) is 0 Å². The number of benzene rings is 1. The molecule has 1 aromatic heterocycles. The molecule has 1 saturated heterocycles. The summed E-state index contributed by atoms with van der Waals surface area (Å²) in [7, 11) is 0. The number of piperazine rings is 1. The largest absolute Gasteiger partial charge is 0.506 e. The van der Waals surface area contributed by atoms with Gasteiger partial charge in [-0.1, -0.05) is 18.2 Å². The predicted octanol–water partition coefficient (Wildman–Crippen LogP) is 2.07. The van der Waals surface area contributed by atoms with Crippen LogP contribution < -0.4 is 4.90 Å². The van der Waals surface area contributed by atoms with Crippen molar-refractivity contribution in [2.75, 3.05) is 31.1 Å². The van der Waals surface area contributed by atoms with E-state index in [1.165, 1.54) is 0 Å². The first kappa shape index (κ1) is 15.3. The number of pyridine rings is 1. The highest BCUT2D eigenvalue weighted by atomic mass is 16.3. The van der Waals surface area contributed by atoms with Crippen LogP contribution in [-0.4, -0.2) is 47.1 Å². The van der Waals surface area contributed by atoms with Crippen molar-refractivity contribution in [1.29, 1.82) is 0 Å². The van der Waals surface area contributed by atoms with Gasteiger partial charge >= 0.3 is 0 Å². The van der Waals surface area contributed by atoms with Gasteiger partial charge in [0.15, 0.2) is 0 Å². The zero-order chi connectivity index (χ0) is 16.1. The van der Waals surface area contributed by atoms with Gasteiger partial charge in [0, 0.05) is 45.0 Å². The molecule has 1 N–H and O–H groups in total. The molecule has 1 fully saturated rings. The molecule has 2 heterocycles. The average Bonchev–Trinajstić information content (AvgIpc) is 2.61. The number of hydrogen-bond donors (Lipinski definition) is 1. The Hall–Kier alpha value is -2.56. The number of aryl methyl sites for hydroxylation is 1. The summed E-state index contributed by atoms with van der Waals surface area (Å²) in [6, 6.07) is 11.2. The Balaban J connectivity index is 1.50. The molecule has 0 unspecified atom stereocenters. The Bertz CT molecular complexity index is 652. The van der Waals surface area contributed by atoms with Crippen LogP contribution in [0.2, 0.25) is 0 Å². The number of hydrogen-bond acceptors (Lipinski definition) is 4. The summed E-state index contributed by atoms with van der Waals surface area (Å²) in [6.45, 7) is 2.88. The van der Waals surface area contributed by atoms with E-state index in [2.05, 4.69) is 9.88 Å². The molecule has 0 bridgehead atoms. The van der Waals surface area contributed by atoms with E-state index >= 15 is 0 Å². The highest BCUT2D eigenvalue weighted by molar-refractivity contribution is 5.77. The number of carbonyl (C=O) groups excluding carboxylic acids is 1. The molecule has 0 spiro atoms. The highest BCUT2D eigenvalue weighted by Crippen LogP contribution is 2.27. The van der Waals surface area contributed by atoms with Gasteiger partial charge in [0.05, 0.1) is 5.69 Å². The fraction of sp³-hybridized carbons (Fsp3) is 0.333. The Labute approximate surface area is 136 Å². The molecule has 0 radical (unpaired) electrons. The molecule has 2 aromatic rings. The minimum Gasteiger partial charge on any atom is -0.506 e. The Kier molecular flexibility index (Phi) is 4.76. The Morgan fingerprint density at radius 1 is 1.09 bits per heavy atom. The quantitative estimate of drug-likeness (QED) is 0.939. The van der Waals surface area contributed by atoms with E-state index in [4.69, 9.17) is 0 Å². The summed E-state index contributed by atoms with van der Waals surface area (Å²) in [6.07, 6.45) is 4.79. The Morgan fingerprint density at radius 2 is 1.87 bits per heavy atom. The first-order valence-electron chi connectivity index (χ1n) is 7.93. The monoisotopic (exact) mass is 311 g/mol. The van der Waals surface area contributed by atoms with Crippen molar-refractivity contribution in [3.05, 3.63) is 54.4 Å². The topological polar surface area (TPSA) is 56.7 Å². The van der Waals surface area contributed by atoms with Crippen LogP contribution in [0.5, 0.6) is 5.75 Å². The maximum atomic E-state index is 12.3. The number of aromatic hydroxyl groups is 1. The van der Waals surface area contributed by atoms with Gasteiger partial charge in [-0.2, -0.15) is 0 Å². The second-order valence-corrected chi connectivity index (χ2v) is 5.72. The summed E-state index contributed by atoms with van der Waals surface area (Å²) in [4.78, 5) is 20.4. The molecule has 1 aromatic carbocycles. The van der Waals surface area contributed by atoms with E-state index in [1.807, 2.05) is 41.4 Å². The third-order valence-electron chi connectivity index (χ3n) is 4.21. The molecule has 1 amide bonds. The van der Waals surface area contributed by atoms with Crippen molar-refractivity contribution >= 4 is 11.6 Å². The zero-order valence-corrected chi connectivity index (χ0v) is 13.1. The van der Waals surface area contributed by atoms with Crippen molar-refractivity contribution in [3.63, 3.8) is 0 Å². The van der Waals surface area contributed by atoms with Crippen LogP contribution in [0.1, 0.15) is 12.0 Å². The van der Waals surface area contributed by atoms with Crippen molar-refractivity contribution in [3.8, 4) is 5.75 Å². The molecule has 1 aliphatic rings. The molecule has 3 rings (SSSR count). The van der Waals surface area contributed by atoms with Crippen molar-refractivity contribution < 1.29 is 9.90 Å². The molecular formula is C18H21N3O2. The summed E-state index contributed by atoms with van der Waals surface area (Å²) in [5.74, 6) is 0.481. The maximum absolute atomic E-state index is 12.3. The van der Waals surface area contributed by atoms with E-state index in [0.29, 0.717) is 25.3 Å². The SMILES string of the molecule is O=C(CCc1cccnc1)N1CCN(c2ccccc2O)CC1. The Morgan fingerprint density at radius 3 is 2.57 bits per heavy atom. The molecule has 120 valence electrons. The number of anilines is 1. The summed E-state index contributed by atoms with van der Waals surface area (Å²) in [5, 5.41) is 9.92. The number of phenols is 1. The van der Waals surface area contributed by atoms with Crippen LogP contribution >= 0.6 is 0 Å². The lowest BCUT2D eigenvalue weighted by atomic mass is 10.1. The highest BCUT2D eigenvalue weighted by Gasteiger charge is 2.22. The summed E-state index contributed by atoms with van der Waals surface area (Å²) >= 11 is 0. The van der Waals surface area contributed by atoms with Crippen molar-refractivity contribution in [1.82, 2.24) is 9.88 Å². The number of nitrogens with zero attached hydrogens (tertiary/aromatic N) is 3.